The van der Waals surface area contributed by atoms with Crippen molar-refractivity contribution in [1.29, 1.82) is 0 Å². The van der Waals surface area contributed by atoms with E-state index in [1.54, 1.807) is 6.92 Å². The highest BCUT2D eigenvalue weighted by atomic mass is 16.6. The smallest absolute Gasteiger partial charge is 0.333 e. The SMILES string of the molecule is C=C(C)C(=O)OCCOCCCC(=O)OCCC(C)C. The van der Waals surface area contributed by atoms with E-state index in [1.807, 2.05) is 0 Å². The van der Waals surface area contributed by atoms with Crippen LogP contribution in [-0.2, 0) is 23.8 Å². The van der Waals surface area contributed by atoms with Crippen LogP contribution in [0.25, 0.3) is 0 Å². The number of esters is 2. The molecule has 0 unspecified atom stereocenters. The van der Waals surface area contributed by atoms with Gasteiger partial charge in [0.25, 0.3) is 0 Å². The van der Waals surface area contributed by atoms with Gasteiger partial charge in [-0.1, -0.05) is 20.4 Å². The number of rotatable bonds is 11. The monoisotopic (exact) mass is 286 g/mol. The summed E-state index contributed by atoms with van der Waals surface area (Å²) >= 11 is 0. The van der Waals surface area contributed by atoms with E-state index in [0.717, 1.165) is 6.42 Å². The number of carbonyl (C=O) groups is 2. The fourth-order valence-corrected chi connectivity index (χ4v) is 1.22. The third-order valence-electron chi connectivity index (χ3n) is 2.44. The highest BCUT2D eigenvalue weighted by Crippen LogP contribution is 2.01. The first-order valence-corrected chi connectivity index (χ1v) is 6.99. The molecule has 0 aliphatic heterocycles. The Hall–Kier alpha value is -1.36. The molecule has 0 spiro atoms. The van der Waals surface area contributed by atoms with Crippen LogP contribution in [0.4, 0.5) is 0 Å². The molecule has 0 amide bonds. The minimum Gasteiger partial charge on any atom is -0.466 e. The Morgan fingerprint density at radius 2 is 1.75 bits per heavy atom. The Morgan fingerprint density at radius 3 is 2.35 bits per heavy atom. The van der Waals surface area contributed by atoms with Gasteiger partial charge in [0.15, 0.2) is 0 Å². The van der Waals surface area contributed by atoms with Crippen LogP contribution in [0.2, 0.25) is 0 Å². The van der Waals surface area contributed by atoms with Gasteiger partial charge in [0, 0.05) is 18.6 Å². The highest BCUT2D eigenvalue weighted by Gasteiger charge is 2.04. The number of hydrogen-bond donors (Lipinski definition) is 0. The number of carbonyl (C=O) groups excluding carboxylic acids is 2. The average molecular weight is 286 g/mol. The third-order valence-corrected chi connectivity index (χ3v) is 2.44. The van der Waals surface area contributed by atoms with Crippen molar-refractivity contribution in [1.82, 2.24) is 0 Å². The van der Waals surface area contributed by atoms with Crippen LogP contribution >= 0.6 is 0 Å². The zero-order chi connectivity index (χ0) is 15.4. The molecule has 0 saturated heterocycles. The zero-order valence-electron chi connectivity index (χ0n) is 12.8. The van der Waals surface area contributed by atoms with Crippen molar-refractivity contribution in [2.24, 2.45) is 5.92 Å². The van der Waals surface area contributed by atoms with E-state index in [2.05, 4.69) is 20.4 Å². The van der Waals surface area contributed by atoms with Gasteiger partial charge >= 0.3 is 11.9 Å². The van der Waals surface area contributed by atoms with Gasteiger partial charge in [-0.2, -0.15) is 0 Å². The largest absolute Gasteiger partial charge is 0.466 e. The summed E-state index contributed by atoms with van der Waals surface area (Å²) < 4.78 is 15.2. The molecule has 0 atom stereocenters. The fraction of sp³-hybridized carbons (Fsp3) is 0.733. The Balaban J connectivity index is 3.33. The normalized spacial score (nSPS) is 10.4. The van der Waals surface area contributed by atoms with Crippen molar-refractivity contribution in [3.63, 3.8) is 0 Å². The zero-order valence-corrected chi connectivity index (χ0v) is 12.8. The Morgan fingerprint density at radius 1 is 1.05 bits per heavy atom. The lowest BCUT2D eigenvalue weighted by Crippen LogP contribution is -2.12. The van der Waals surface area contributed by atoms with E-state index < -0.39 is 5.97 Å². The molecule has 5 nitrogen and oxygen atoms in total. The van der Waals surface area contributed by atoms with Crippen LogP contribution in [0.15, 0.2) is 12.2 Å². The lowest BCUT2D eigenvalue weighted by Gasteiger charge is -2.07. The van der Waals surface area contributed by atoms with Crippen LogP contribution in [0, 0.1) is 5.92 Å². The summed E-state index contributed by atoms with van der Waals surface area (Å²) in [5, 5.41) is 0. The van der Waals surface area contributed by atoms with Gasteiger partial charge in [-0.15, -0.1) is 0 Å². The van der Waals surface area contributed by atoms with E-state index in [9.17, 15) is 9.59 Å². The van der Waals surface area contributed by atoms with Crippen molar-refractivity contribution in [2.45, 2.75) is 40.0 Å². The minimum atomic E-state index is -0.415. The topological polar surface area (TPSA) is 61.8 Å². The van der Waals surface area contributed by atoms with E-state index in [1.165, 1.54) is 0 Å². The van der Waals surface area contributed by atoms with Crippen LogP contribution < -0.4 is 0 Å². The first-order valence-electron chi connectivity index (χ1n) is 6.99. The van der Waals surface area contributed by atoms with Gasteiger partial charge in [0.2, 0.25) is 0 Å². The maximum atomic E-state index is 11.3. The molecule has 0 N–H and O–H groups in total. The van der Waals surface area contributed by atoms with Gasteiger partial charge < -0.3 is 14.2 Å². The quantitative estimate of drug-likeness (QED) is 0.332. The predicted octanol–water partition coefficient (Wildman–Crippen LogP) is 2.49. The Labute approximate surface area is 121 Å². The molecule has 0 aromatic carbocycles. The van der Waals surface area contributed by atoms with Gasteiger partial charge in [-0.25, -0.2) is 4.79 Å². The van der Waals surface area contributed by atoms with Crippen LogP contribution in [-0.4, -0.2) is 38.4 Å². The van der Waals surface area contributed by atoms with Crippen molar-refractivity contribution >= 4 is 11.9 Å². The minimum absolute atomic E-state index is 0.192. The van der Waals surface area contributed by atoms with Crippen LogP contribution in [0.3, 0.4) is 0 Å². The molecule has 0 heterocycles. The van der Waals surface area contributed by atoms with E-state index in [0.29, 0.717) is 44.2 Å². The molecule has 0 saturated carbocycles. The van der Waals surface area contributed by atoms with Gasteiger partial charge in [0.05, 0.1) is 13.2 Å². The van der Waals surface area contributed by atoms with Crippen molar-refractivity contribution in [3.8, 4) is 0 Å². The Kier molecular flexibility index (Phi) is 10.7. The van der Waals surface area contributed by atoms with Crippen LogP contribution in [0.5, 0.6) is 0 Å². The van der Waals surface area contributed by atoms with Gasteiger partial charge in [-0.3, -0.25) is 4.79 Å². The molecular weight excluding hydrogens is 260 g/mol. The molecule has 0 aromatic rings. The molecule has 0 aliphatic rings. The maximum absolute atomic E-state index is 11.3. The first kappa shape index (κ1) is 18.6. The lowest BCUT2D eigenvalue weighted by atomic mass is 10.1. The standard InChI is InChI=1S/C15H26O5/c1-12(2)7-9-19-14(16)6-5-8-18-10-11-20-15(17)13(3)4/h12H,3,5-11H2,1-2,4H3. The van der Waals surface area contributed by atoms with Crippen molar-refractivity contribution in [2.75, 3.05) is 26.4 Å². The summed E-state index contributed by atoms with van der Waals surface area (Å²) in [6, 6.07) is 0. The molecule has 0 fully saturated rings. The molecule has 116 valence electrons. The Bertz CT molecular complexity index is 309. The fourth-order valence-electron chi connectivity index (χ4n) is 1.22. The highest BCUT2D eigenvalue weighted by molar-refractivity contribution is 5.86. The predicted molar refractivity (Wildman–Crippen MR) is 76.2 cm³/mol. The van der Waals surface area contributed by atoms with Crippen molar-refractivity contribution in [3.05, 3.63) is 12.2 Å². The summed E-state index contributed by atoms with van der Waals surface area (Å²) in [4.78, 5) is 22.4. The molecule has 0 aromatic heterocycles. The number of ether oxygens (including phenoxy) is 3. The molecule has 5 heteroatoms. The molecule has 20 heavy (non-hydrogen) atoms. The second kappa shape index (κ2) is 11.5. The van der Waals surface area contributed by atoms with Gasteiger partial charge in [0.1, 0.15) is 6.61 Å². The summed E-state index contributed by atoms with van der Waals surface area (Å²) in [6.45, 7) is 10.7. The maximum Gasteiger partial charge on any atom is 0.333 e. The molecule has 0 rings (SSSR count). The first-order chi connectivity index (χ1) is 9.43. The third kappa shape index (κ3) is 11.7. The summed E-state index contributed by atoms with van der Waals surface area (Å²) in [5.41, 5.74) is 0.370. The van der Waals surface area contributed by atoms with Crippen molar-refractivity contribution < 1.29 is 23.8 Å². The molecule has 0 radical (unpaired) electrons. The van der Waals surface area contributed by atoms with Crippen LogP contribution in [0.1, 0.15) is 40.0 Å². The average Bonchev–Trinajstić information content (AvgIpc) is 2.36. The lowest BCUT2D eigenvalue weighted by molar-refractivity contribution is -0.144. The van der Waals surface area contributed by atoms with E-state index >= 15 is 0 Å². The number of hydrogen-bond acceptors (Lipinski definition) is 5. The summed E-state index contributed by atoms with van der Waals surface area (Å²) in [5.74, 6) is -0.0710. The molecule has 0 aliphatic carbocycles. The second-order valence-electron chi connectivity index (χ2n) is 5.04. The summed E-state index contributed by atoms with van der Waals surface area (Å²) in [7, 11) is 0. The van der Waals surface area contributed by atoms with E-state index in [4.69, 9.17) is 14.2 Å². The molecule has 0 bridgehead atoms. The molecular formula is C15H26O5. The van der Waals surface area contributed by atoms with E-state index in [-0.39, 0.29) is 12.6 Å². The second-order valence-corrected chi connectivity index (χ2v) is 5.04. The van der Waals surface area contributed by atoms with Gasteiger partial charge in [-0.05, 0) is 25.7 Å². The summed E-state index contributed by atoms with van der Waals surface area (Å²) in [6.07, 6.45) is 1.84.